The molecule has 2 saturated carbocycles. The molecule has 2 aliphatic carbocycles. The Bertz CT molecular complexity index is 838. The third-order valence-electron chi connectivity index (χ3n) is 5.98. The van der Waals surface area contributed by atoms with Gasteiger partial charge in [0, 0.05) is 6.04 Å². The third-order valence-corrected chi connectivity index (χ3v) is 5.98. The van der Waals surface area contributed by atoms with E-state index in [0.29, 0.717) is 17.9 Å². The van der Waals surface area contributed by atoms with Crippen LogP contribution < -0.4 is 5.32 Å². The smallest absolute Gasteiger partial charge is 0.411 e. The average molecular weight is 400 g/mol. The van der Waals surface area contributed by atoms with Crippen LogP contribution in [0.5, 0.6) is 0 Å². The first-order valence-corrected chi connectivity index (χ1v) is 10.2. The topological polar surface area (TPSA) is 84.9 Å². The molecule has 0 aromatic heterocycles. The van der Waals surface area contributed by atoms with Crippen LogP contribution in [0, 0.1) is 5.92 Å². The van der Waals surface area contributed by atoms with Crippen molar-refractivity contribution in [1.82, 2.24) is 10.2 Å². The Balaban J connectivity index is 1.46. The standard InChI is InChI=1S/C22H28N2O5/c1-21(2,3)29-20(27)24-16-11-14(16)12-17(24)18(25)23-22(9-10-22)15-7-5-13(6-8-15)19(26)28-4/h5-8,14,16-17H,9-12H2,1-4H3,(H,23,25)/t14-,16-,17-/m1/s1. The highest BCUT2D eigenvalue weighted by Gasteiger charge is 2.58. The Morgan fingerprint density at radius 2 is 1.76 bits per heavy atom. The number of hydrogen-bond donors (Lipinski definition) is 1. The van der Waals surface area contributed by atoms with E-state index < -0.39 is 23.3 Å². The quantitative estimate of drug-likeness (QED) is 0.786. The number of methoxy groups -OCH3 is 1. The zero-order chi connectivity index (χ0) is 21.0. The predicted octanol–water partition coefficient (Wildman–Crippen LogP) is 2.98. The normalized spacial score (nSPS) is 26.3. The second-order valence-corrected chi connectivity index (χ2v) is 9.34. The van der Waals surface area contributed by atoms with Gasteiger partial charge in [0.05, 0.1) is 18.2 Å². The number of nitrogens with zero attached hydrogens (tertiary/aromatic N) is 1. The van der Waals surface area contributed by atoms with Gasteiger partial charge in [-0.1, -0.05) is 12.1 Å². The molecular weight excluding hydrogens is 372 g/mol. The van der Waals surface area contributed by atoms with Crippen molar-refractivity contribution in [3.8, 4) is 0 Å². The van der Waals surface area contributed by atoms with Gasteiger partial charge < -0.3 is 14.8 Å². The monoisotopic (exact) mass is 400 g/mol. The summed E-state index contributed by atoms with van der Waals surface area (Å²) in [4.78, 5) is 39.1. The van der Waals surface area contributed by atoms with Crippen molar-refractivity contribution in [3.05, 3.63) is 35.4 Å². The molecule has 1 aromatic carbocycles. The summed E-state index contributed by atoms with van der Waals surface area (Å²) in [5, 5.41) is 3.17. The molecule has 156 valence electrons. The molecular formula is C22H28N2O5. The first kappa shape index (κ1) is 19.7. The second kappa shape index (κ2) is 6.75. The summed E-state index contributed by atoms with van der Waals surface area (Å²) < 4.78 is 10.3. The summed E-state index contributed by atoms with van der Waals surface area (Å²) in [6, 6.07) is 6.78. The van der Waals surface area contributed by atoms with E-state index in [2.05, 4.69) is 5.32 Å². The van der Waals surface area contributed by atoms with E-state index in [9.17, 15) is 14.4 Å². The molecule has 4 rings (SSSR count). The van der Waals surface area contributed by atoms with Crippen LogP contribution in [-0.4, -0.2) is 47.7 Å². The Labute approximate surface area is 170 Å². The maximum atomic E-state index is 13.1. The van der Waals surface area contributed by atoms with Gasteiger partial charge in [-0.25, -0.2) is 9.59 Å². The van der Waals surface area contributed by atoms with Crippen molar-refractivity contribution in [1.29, 1.82) is 0 Å². The maximum Gasteiger partial charge on any atom is 0.411 e. The van der Waals surface area contributed by atoms with E-state index in [1.54, 1.807) is 17.0 Å². The molecule has 7 nitrogen and oxygen atoms in total. The summed E-state index contributed by atoms with van der Waals surface area (Å²) >= 11 is 0. The van der Waals surface area contributed by atoms with Gasteiger partial charge in [-0.3, -0.25) is 9.69 Å². The van der Waals surface area contributed by atoms with Crippen LogP contribution in [0.4, 0.5) is 4.79 Å². The number of carbonyl (C=O) groups is 3. The molecule has 3 aliphatic rings. The number of esters is 1. The van der Waals surface area contributed by atoms with Crippen molar-refractivity contribution in [2.24, 2.45) is 5.92 Å². The van der Waals surface area contributed by atoms with Gasteiger partial charge in [-0.15, -0.1) is 0 Å². The first-order chi connectivity index (χ1) is 13.6. The Morgan fingerprint density at radius 1 is 1.10 bits per heavy atom. The van der Waals surface area contributed by atoms with Crippen LogP contribution in [0.25, 0.3) is 0 Å². The minimum Gasteiger partial charge on any atom is -0.465 e. The minimum atomic E-state index is -0.593. The Morgan fingerprint density at radius 3 is 2.31 bits per heavy atom. The van der Waals surface area contributed by atoms with E-state index in [-0.39, 0.29) is 17.9 Å². The summed E-state index contributed by atoms with van der Waals surface area (Å²) in [6.07, 6.45) is 2.90. The highest BCUT2D eigenvalue weighted by molar-refractivity contribution is 5.90. The molecule has 1 aliphatic heterocycles. The number of hydrogen-bond acceptors (Lipinski definition) is 5. The lowest BCUT2D eigenvalue weighted by Gasteiger charge is -2.31. The summed E-state index contributed by atoms with van der Waals surface area (Å²) in [5.74, 6) is -0.117. The Hall–Kier alpha value is -2.57. The lowest BCUT2D eigenvalue weighted by atomic mass is 10.0. The highest BCUT2D eigenvalue weighted by Crippen LogP contribution is 2.50. The summed E-state index contributed by atoms with van der Waals surface area (Å²) in [7, 11) is 1.35. The van der Waals surface area contributed by atoms with Crippen LogP contribution in [0.15, 0.2) is 24.3 Å². The molecule has 0 spiro atoms. The van der Waals surface area contributed by atoms with Gasteiger partial charge in [0.25, 0.3) is 0 Å². The largest absolute Gasteiger partial charge is 0.465 e. The fourth-order valence-electron chi connectivity index (χ4n) is 4.24. The number of ether oxygens (including phenoxy) is 2. The zero-order valence-electron chi connectivity index (χ0n) is 17.4. The maximum absolute atomic E-state index is 13.1. The molecule has 2 amide bonds. The van der Waals surface area contributed by atoms with Gasteiger partial charge in [0.2, 0.25) is 5.91 Å². The number of likely N-dealkylation sites (tertiary alicyclic amines) is 1. The number of piperidine rings is 1. The molecule has 0 bridgehead atoms. The van der Waals surface area contributed by atoms with E-state index >= 15 is 0 Å². The van der Waals surface area contributed by atoms with Gasteiger partial charge in [-0.05, 0) is 70.1 Å². The summed E-state index contributed by atoms with van der Waals surface area (Å²) in [5.41, 5.74) is 0.429. The number of nitrogens with one attached hydrogen (secondary N) is 1. The van der Waals surface area contributed by atoms with Crippen molar-refractivity contribution in [3.63, 3.8) is 0 Å². The molecule has 0 radical (unpaired) electrons. The first-order valence-electron chi connectivity index (χ1n) is 10.2. The number of rotatable bonds is 4. The van der Waals surface area contributed by atoms with E-state index in [1.807, 2.05) is 32.9 Å². The van der Waals surface area contributed by atoms with Crippen molar-refractivity contribution < 1.29 is 23.9 Å². The van der Waals surface area contributed by atoms with Crippen LogP contribution in [-0.2, 0) is 19.8 Å². The van der Waals surface area contributed by atoms with E-state index in [4.69, 9.17) is 9.47 Å². The molecule has 1 heterocycles. The molecule has 1 aromatic rings. The molecule has 1 saturated heterocycles. The molecule has 1 N–H and O–H groups in total. The highest BCUT2D eigenvalue weighted by atomic mass is 16.6. The van der Waals surface area contributed by atoms with Gasteiger partial charge in [0.15, 0.2) is 0 Å². The van der Waals surface area contributed by atoms with Crippen molar-refractivity contribution in [2.75, 3.05) is 7.11 Å². The molecule has 0 unspecified atom stereocenters. The Kier molecular flexibility index (Phi) is 4.59. The number of fused-ring (bicyclic) bond motifs is 1. The number of benzene rings is 1. The second-order valence-electron chi connectivity index (χ2n) is 9.34. The summed E-state index contributed by atoms with van der Waals surface area (Å²) in [6.45, 7) is 5.49. The van der Waals surface area contributed by atoms with Gasteiger partial charge >= 0.3 is 12.1 Å². The lowest BCUT2D eigenvalue weighted by Crippen LogP contribution is -2.51. The SMILES string of the molecule is COC(=O)c1ccc(C2(NC(=O)[C@H]3C[C@H]4C[C@H]4N3C(=O)OC(C)(C)C)CC2)cc1. The number of carbonyl (C=O) groups excluding carboxylic acids is 3. The number of amides is 2. The van der Waals surface area contributed by atoms with Crippen LogP contribution in [0.2, 0.25) is 0 Å². The van der Waals surface area contributed by atoms with E-state index in [1.165, 1.54) is 7.11 Å². The fraction of sp³-hybridized carbons (Fsp3) is 0.591. The molecule has 29 heavy (non-hydrogen) atoms. The molecule has 3 fully saturated rings. The third kappa shape index (κ3) is 3.82. The van der Waals surface area contributed by atoms with Gasteiger partial charge in [-0.2, -0.15) is 0 Å². The van der Waals surface area contributed by atoms with E-state index in [0.717, 1.165) is 24.8 Å². The average Bonchev–Trinajstić information content (AvgIpc) is 3.58. The lowest BCUT2D eigenvalue weighted by molar-refractivity contribution is -0.127. The van der Waals surface area contributed by atoms with Gasteiger partial charge in [0.1, 0.15) is 11.6 Å². The van der Waals surface area contributed by atoms with Crippen molar-refractivity contribution in [2.45, 2.75) is 69.7 Å². The zero-order valence-corrected chi connectivity index (χ0v) is 17.4. The van der Waals surface area contributed by atoms with Crippen LogP contribution >= 0.6 is 0 Å². The fourth-order valence-corrected chi connectivity index (χ4v) is 4.24. The van der Waals surface area contributed by atoms with Crippen LogP contribution in [0.3, 0.4) is 0 Å². The minimum absolute atomic E-state index is 0.120. The molecule has 7 heteroatoms. The van der Waals surface area contributed by atoms with Crippen LogP contribution in [0.1, 0.15) is 62.4 Å². The van der Waals surface area contributed by atoms with Crippen molar-refractivity contribution >= 4 is 18.0 Å². The molecule has 3 atom stereocenters. The predicted molar refractivity (Wildman–Crippen MR) is 105 cm³/mol.